The van der Waals surface area contributed by atoms with E-state index in [9.17, 15) is 9.90 Å². The van der Waals surface area contributed by atoms with Gasteiger partial charge < -0.3 is 15.5 Å². The number of benzene rings is 1. The maximum Gasteiger partial charge on any atom is 0.303 e. The number of hydrogen-bond donors (Lipinski definition) is 3. The summed E-state index contributed by atoms with van der Waals surface area (Å²) in [6, 6.07) is 10.9. The molecule has 2 aromatic rings. The van der Waals surface area contributed by atoms with Crippen molar-refractivity contribution in [1.82, 2.24) is 4.98 Å². The number of aromatic nitrogens is 1. The van der Waals surface area contributed by atoms with Crippen molar-refractivity contribution >= 4 is 39.1 Å². The highest BCUT2D eigenvalue weighted by Gasteiger charge is 2.25. The molecule has 8 heteroatoms. The number of halogens is 1. The number of aliphatic hydroxyl groups is 1. The van der Waals surface area contributed by atoms with Gasteiger partial charge in [-0.25, -0.2) is 0 Å². The third-order valence-corrected chi connectivity index (χ3v) is 4.66. The monoisotopic (exact) mass is 444 g/mol. The first-order valence-electron chi connectivity index (χ1n) is 8.94. The maximum absolute atomic E-state index is 11.1. The number of amidine groups is 1. The van der Waals surface area contributed by atoms with Crippen LogP contribution in [0.15, 0.2) is 57.1 Å². The zero-order valence-electron chi connectivity index (χ0n) is 15.3. The molecule has 0 amide bonds. The lowest BCUT2D eigenvalue weighted by molar-refractivity contribution is -0.137. The van der Waals surface area contributed by atoms with E-state index in [0.717, 1.165) is 15.7 Å². The predicted octanol–water partition coefficient (Wildman–Crippen LogP) is 3.12. The molecule has 1 aromatic carbocycles. The molecule has 0 bridgehead atoms. The highest BCUT2D eigenvalue weighted by molar-refractivity contribution is 9.10. The molecule has 28 heavy (non-hydrogen) atoms. The van der Waals surface area contributed by atoms with Gasteiger partial charge in [-0.05, 0) is 43.7 Å². The number of carboxylic acids is 1. The zero-order valence-corrected chi connectivity index (χ0v) is 16.9. The molecule has 2 heterocycles. The van der Waals surface area contributed by atoms with E-state index in [2.05, 4.69) is 31.2 Å². The molecule has 146 valence electrons. The van der Waals surface area contributed by atoms with E-state index in [-0.39, 0.29) is 19.4 Å². The second kappa shape index (κ2) is 9.07. The quantitative estimate of drug-likeness (QED) is 0.634. The summed E-state index contributed by atoms with van der Waals surface area (Å²) in [5, 5.41) is 22.1. The van der Waals surface area contributed by atoms with Gasteiger partial charge in [-0.3, -0.25) is 19.8 Å². The predicted molar refractivity (Wildman–Crippen MR) is 112 cm³/mol. The number of fused-ring (bicyclic) bond motifs is 1. The van der Waals surface area contributed by atoms with Crippen molar-refractivity contribution < 1.29 is 15.0 Å². The van der Waals surface area contributed by atoms with Gasteiger partial charge in [0, 0.05) is 28.3 Å². The van der Waals surface area contributed by atoms with E-state index < -0.39 is 18.1 Å². The summed E-state index contributed by atoms with van der Waals surface area (Å²) in [4.78, 5) is 24.9. The van der Waals surface area contributed by atoms with Crippen LogP contribution in [0.1, 0.15) is 31.0 Å². The molecule has 1 aliphatic rings. The molecule has 3 rings (SSSR count). The Morgan fingerprint density at radius 1 is 1.36 bits per heavy atom. The summed E-state index contributed by atoms with van der Waals surface area (Å²) >= 11 is 3.50. The molecule has 1 unspecified atom stereocenters. The number of aliphatic hydroxyl groups excluding tert-OH is 1. The zero-order chi connectivity index (χ0) is 20.1. The van der Waals surface area contributed by atoms with Crippen LogP contribution in [0.4, 0.5) is 5.69 Å². The lowest BCUT2D eigenvalue weighted by Crippen LogP contribution is -2.28. The van der Waals surface area contributed by atoms with E-state index in [1.165, 1.54) is 0 Å². The summed E-state index contributed by atoms with van der Waals surface area (Å²) in [6.45, 7) is 1.85. The number of aliphatic imine (C=N–C) groups is 2. The van der Waals surface area contributed by atoms with Crippen molar-refractivity contribution in [3.05, 3.63) is 58.3 Å². The van der Waals surface area contributed by atoms with Crippen LogP contribution in [0.25, 0.3) is 0 Å². The second-order valence-corrected chi connectivity index (χ2v) is 7.45. The van der Waals surface area contributed by atoms with Crippen LogP contribution in [-0.2, 0) is 4.79 Å². The highest BCUT2D eigenvalue weighted by Crippen LogP contribution is 2.28. The van der Waals surface area contributed by atoms with Crippen molar-refractivity contribution in [2.24, 2.45) is 9.98 Å². The number of rotatable bonds is 6. The summed E-state index contributed by atoms with van der Waals surface area (Å²) in [5.41, 5.74) is 3.01. The van der Waals surface area contributed by atoms with Crippen LogP contribution in [0.2, 0.25) is 0 Å². The van der Waals surface area contributed by atoms with Crippen LogP contribution in [0.5, 0.6) is 0 Å². The lowest BCUT2D eigenvalue weighted by Gasteiger charge is -2.15. The van der Waals surface area contributed by atoms with Crippen molar-refractivity contribution in [1.29, 1.82) is 0 Å². The minimum Gasteiger partial charge on any atom is -0.481 e. The largest absolute Gasteiger partial charge is 0.481 e. The number of pyridine rings is 1. The molecule has 0 fully saturated rings. The fraction of sp³-hybridized carbons (Fsp3) is 0.300. The fourth-order valence-corrected chi connectivity index (χ4v) is 3.23. The van der Waals surface area contributed by atoms with Gasteiger partial charge in [0.2, 0.25) is 0 Å². The first-order chi connectivity index (χ1) is 13.4. The maximum atomic E-state index is 11.1. The number of carboxylic acid groups (broad SMARTS) is 1. The van der Waals surface area contributed by atoms with E-state index in [4.69, 9.17) is 10.1 Å². The van der Waals surface area contributed by atoms with E-state index >= 15 is 0 Å². The Kier molecular flexibility index (Phi) is 6.53. The van der Waals surface area contributed by atoms with Crippen LogP contribution >= 0.6 is 15.9 Å². The van der Waals surface area contributed by atoms with Crippen molar-refractivity contribution in [2.75, 3.05) is 11.9 Å². The first-order valence-corrected chi connectivity index (χ1v) is 9.73. The van der Waals surface area contributed by atoms with Crippen molar-refractivity contribution in [2.45, 2.75) is 31.9 Å². The molecule has 7 nitrogen and oxygen atoms in total. The van der Waals surface area contributed by atoms with Crippen LogP contribution in [-0.4, -0.2) is 51.4 Å². The van der Waals surface area contributed by atoms with E-state index in [0.29, 0.717) is 17.2 Å². The molecule has 0 saturated carbocycles. The van der Waals surface area contributed by atoms with E-state index in [1.807, 2.05) is 36.4 Å². The lowest BCUT2D eigenvalue weighted by atomic mass is 10.0. The molecule has 0 spiro atoms. The van der Waals surface area contributed by atoms with Gasteiger partial charge in [0.15, 0.2) is 0 Å². The summed E-state index contributed by atoms with van der Waals surface area (Å²) in [6.07, 6.45) is 1.33. The Morgan fingerprint density at radius 2 is 2.18 bits per heavy atom. The number of aliphatic carboxylic acids is 1. The first kappa shape index (κ1) is 20.2. The Hall–Kier alpha value is -2.58. The Morgan fingerprint density at radius 3 is 2.86 bits per heavy atom. The topological polar surface area (TPSA) is 107 Å². The molecule has 1 aliphatic heterocycles. The average molecular weight is 445 g/mol. The van der Waals surface area contributed by atoms with Gasteiger partial charge in [-0.1, -0.05) is 22.0 Å². The van der Waals surface area contributed by atoms with Crippen LogP contribution in [0.3, 0.4) is 0 Å². The number of nitrogens with zero attached hydrogens (tertiary/aromatic N) is 3. The number of nitrogens with one attached hydrogen (secondary N) is 1. The van der Waals surface area contributed by atoms with Gasteiger partial charge in [0.1, 0.15) is 11.9 Å². The van der Waals surface area contributed by atoms with Gasteiger partial charge >= 0.3 is 5.97 Å². The average Bonchev–Trinajstić information content (AvgIpc) is 2.82. The van der Waals surface area contributed by atoms with E-state index in [1.54, 1.807) is 13.1 Å². The SMILES string of the molecule is CC(O)CN=C1Nc2ccc(Br)cc2C(c2ccccn2)=N[C@H]1CCC(=O)O. The summed E-state index contributed by atoms with van der Waals surface area (Å²) < 4.78 is 0.892. The molecular weight excluding hydrogens is 424 g/mol. The smallest absolute Gasteiger partial charge is 0.303 e. The second-order valence-electron chi connectivity index (χ2n) is 6.53. The number of hydrogen-bond acceptors (Lipinski definition) is 5. The minimum atomic E-state index is -0.894. The summed E-state index contributed by atoms with van der Waals surface area (Å²) in [7, 11) is 0. The molecule has 3 N–H and O–H groups in total. The number of benzodiazepines with no additional fused rings is 1. The molecule has 2 atom stereocenters. The Bertz CT molecular complexity index is 913. The van der Waals surface area contributed by atoms with Gasteiger partial charge in [-0.15, -0.1) is 0 Å². The van der Waals surface area contributed by atoms with Crippen LogP contribution < -0.4 is 5.32 Å². The van der Waals surface area contributed by atoms with Gasteiger partial charge in [0.25, 0.3) is 0 Å². The molecule has 0 aliphatic carbocycles. The van der Waals surface area contributed by atoms with Crippen molar-refractivity contribution in [3.8, 4) is 0 Å². The fourth-order valence-electron chi connectivity index (χ4n) is 2.87. The molecule has 0 saturated heterocycles. The third kappa shape index (κ3) is 5.02. The standard InChI is InChI=1S/C20H21BrN4O3/c1-12(26)11-23-20-17(7-8-18(27)28)24-19(16-4-2-3-9-22-16)14-10-13(21)5-6-15(14)25-20/h2-6,9-10,12,17,26H,7-8,11H2,1H3,(H,23,25)(H,27,28)/t12?,17-/m0/s1. The number of anilines is 1. The minimum absolute atomic E-state index is 0.0426. The number of carbonyl (C=O) groups is 1. The normalized spacial score (nSPS) is 18.6. The highest BCUT2D eigenvalue weighted by atomic mass is 79.9. The van der Waals surface area contributed by atoms with Gasteiger partial charge in [-0.2, -0.15) is 0 Å². The molecule has 1 aromatic heterocycles. The van der Waals surface area contributed by atoms with Crippen molar-refractivity contribution in [3.63, 3.8) is 0 Å². The summed E-state index contributed by atoms with van der Waals surface area (Å²) in [5.74, 6) is -0.356. The molecular formula is C20H21BrN4O3. The molecule has 0 radical (unpaired) electrons. The van der Waals surface area contributed by atoms with Crippen LogP contribution in [0, 0.1) is 0 Å². The third-order valence-electron chi connectivity index (χ3n) is 4.17. The Balaban J connectivity index is 2.13. The van der Waals surface area contributed by atoms with Gasteiger partial charge in [0.05, 0.1) is 24.1 Å². The Labute approximate surface area is 171 Å².